The molecule has 0 saturated carbocycles. The first kappa shape index (κ1) is 12.2. The summed E-state index contributed by atoms with van der Waals surface area (Å²) in [6, 6.07) is 6.03. The molecule has 2 aromatic heterocycles. The van der Waals surface area contributed by atoms with Gasteiger partial charge in [-0.25, -0.2) is 4.98 Å². The molecule has 0 bridgehead atoms. The van der Waals surface area contributed by atoms with Crippen LogP contribution in [-0.2, 0) is 6.54 Å². The van der Waals surface area contributed by atoms with Crippen molar-refractivity contribution in [3.05, 3.63) is 48.9 Å². The third-order valence-corrected chi connectivity index (χ3v) is 3.34. The Bertz CT molecular complexity index is 445. The van der Waals surface area contributed by atoms with Crippen molar-refractivity contribution < 1.29 is 0 Å². The molecule has 0 saturated heterocycles. The number of hydrogen-bond acceptors (Lipinski definition) is 3. The molecule has 0 aliphatic rings. The van der Waals surface area contributed by atoms with Gasteiger partial charge in [0.1, 0.15) is 5.65 Å². The van der Waals surface area contributed by atoms with Crippen LogP contribution in [0.5, 0.6) is 0 Å². The Kier molecular flexibility index (Phi) is 4.64. The number of thioether (sulfide) groups is 1. The molecule has 3 nitrogen and oxygen atoms in total. The largest absolute Gasteiger partial charge is 0.310 e. The molecular weight excluding hydrogens is 230 g/mol. The summed E-state index contributed by atoms with van der Waals surface area (Å²) in [4.78, 5) is 4.52. The molecule has 0 unspecified atom stereocenters. The summed E-state index contributed by atoms with van der Waals surface area (Å²) in [6.07, 6.45) is 6.03. The zero-order valence-corrected chi connectivity index (χ0v) is 10.6. The number of nitrogens with one attached hydrogen (secondary N) is 1. The average molecular weight is 247 g/mol. The highest BCUT2D eigenvalue weighted by Gasteiger charge is 1.99. The second kappa shape index (κ2) is 6.47. The van der Waals surface area contributed by atoms with Gasteiger partial charge in [-0.05, 0) is 12.1 Å². The van der Waals surface area contributed by atoms with Crippen molar-refractivity contribution >= 4 is 17.4 Å². The average Bonchev–Trinajstić information content (AvgIpc) is 2.76. The van der Waals surface area contributed by atoms with E-state index in [1.165, 1.54) is 0 Å². The molecule has 0 atom stereocenters. The van der Waals surface area contributed by atoms with Crippen LogP contribution in [0.15, 0.2) is 43.2 Å². The first-order valence-electron chi connectivity index (χ1n) is 5.72. The minimum Gasteiger partial charge on any atom is -0.310 e. The zero-order chi connectivity index (χ0) is 11.9. The lowest BCUT2D eigenvalue weighted by molar-refractivity contribution is 0.719. The number of fused-ring (bicyclic) bond motifs is 1. The van der Waals surface area contributed by atoms with Crippen LogP contribution < -0.4 is 5.32 Å². The van der Waals surface area contributed by atoms with Crippen molar-refractivity contribution in [2.24, 2.45) is 0 Å². The van der Waals surface area contributed by atoms with Gasteiger partial charge in [-0.1, -0.05) is 12.1 Å². The molecular formula is C13H17N3S. The highest BCUT2D eigenvalue weighted by Crippen LogP contribution is 2.04. The van der Waals surface area contributed by atoms with E-state index in [4.69, 9.17) is 0 Å². The fourth-order valence-corrected chi connectivity index (χ4v) is 2.22. The van der Waals surface area contributed by atoms with Gasteiger partial charge in [-0.15, -0.1) is 6.58 Å². The van der Waals surface area contributed by atoms with Gasteiger partial charge in [0.2, 0.25) is 0 Å². The smallest absolute Gasteiger partial charge is 0.137 e. The molecule has 4 heteroatoms. The molecule has 17 heavy (non-hydrogen) atoms. The number of pyridine rings is 1. The van der Waals surface area contributed by atoms with Crippen LogP contribution in [0.25, 0.3) is 5.65 Å². The molecule has 0 aliphatic carbocycles. The zero-order valence-electron chi connectivity index (χ0n) is 9.80. The predicted molar refractivity (Wildman–Crippen MR) is 74.4 cm³/mol. The molecule has 2 rings (SSSR count). The van der Waals surface area contributed by atoms with Crippen molar-refractivity contribution in [1.29, 1.82) is 0 Å². The molecule has 0 radical (unpaired) electrons. The molecule has 0 spiro atoms. The van der Waals surface area contributed by atoms with E-state index in [2.05, 4.69) is 23.1 Å². The molecule has 1 N–H and O–H groups in total. The molecule has 0 fully saturated rings. The summed E-state index contributed by atoms with van der Waals surface area (Å²) in [5, 5.41) is 3.39. The number of nitrogens with zero attached hydrogens (tertiary/aromatic N) is 2. The topological polar surface area (TPSA) is 29.3 Å². The molecule has 0 amide bonds. The molecule has 90 valence electrons. The summed E-state index contributed by atoms with van der Waals surface area (Å²) in [7, 11) is 0. The fourth-order valence-electron chi connectivity index (χ4n) is 1.60. The third kappa shape index (κ3) is 3.61. The Balaban J connectivity index is 1.77. The number of imidazole rings is 1. The Hall–Kier alpha value is -1.26. The quantitative estimate of drug-likeness (QED) is 0.601. The summed E-state index contributed by atoms with van der Waals surface area (Å²) in [5.74, 6) is 2.13. The van der Waals surface area contributed by atoms with E-state index in [0.29, 0.717) is 0 Å². The van der Waals surface area contributed by atoms with Crippen molar-refractivity contribution in [3.63, 3.8) is 0 Å². The summed E-state index contributed by atoms with van der Waals surface area (Å²) >= 11 is 1.89. The number of rotatable bonds is 7. The lowest BCUT2D eigenvalue weighted by Crippen LogP contribution is -2.16. The van der Waals surface area contributed by atoms with E-state index in [0.717, 1.165) is 35.9 Å². The standard InChI is InChI=1S/C13H17N3S/c1-2-8-17-9-6-14-10-12-11-16-7-4-3-5-13(16)15-12/h2-5,7,11,14H,1,6,8-10H2. The van der Waals surface area contributed by atoms with Gasteiger partial charge < -0.3 is 9.72 Å². The summed E-state index contributed by atoms with van der Waals surface area (Å²) in [6.45, 7) is 5.53. The minimum absolute atomic E-state index is 0.830. The molecule has 2 heterocycles. The maximum Gasteiger partial charge on any atom is 0.137 e. The monoisotopic (exact) mass is 247 g/mol. The van der Waals surface area contributed by atoms with E-state index >= 15 is 0 Å². The lowest BCUT2D eigenvalue weighted by atomic mass is 10.5. The predicted octanol–water partition coefficient (Wildman–Crippen LogP) is 2.34. The van der Waals surface area contributed by atoms with Gasteiger partial charge in [0.05, 0.1) is 5.69 Å². The van der Waals surface area contributed by atoms with E-state index in [-0.39, 0.29) is 0 Å². The Labute approximate surface area is 106 Å². The highest BCUT2D eigenvalue weighted by atomic mass is 32.2. The summed E-state index contributed by atoms with van der Waals surface area (Å²) in [5.41, 5.74) is 2.09. The first-order valence-corrected chi connectivity index (χ1v) is 6.87. The third-order valence-electron chi connectivity index (χ3n) is 2.38. The van der Waals surface area contributed by atoms with E-state index in [1.807, 2.05) is 46.6 Å². The van der Waals surface area contributed by atoms with Crippen molar-refractivity contribution in [3.8, 4) is 0 Å². The second-order valence-corrected chi connectivity index (χ2v) is 4.89. The van der Waals surface area contributed by atoms with Crippen molar-refractivity contribution in [2.75, 3.05) is 18.1 Å². The lowest BCUT2D eigenvalue weighted by Gasteiger charge is -2.00. The van der Waals surface area contributed by atoms with Gasteiger partial charge in [0.15, 0.2) is 0 Å². The molecule has 2 aromatic rings. The van der Waals surface area contributed by atoms with E-state index in [1.54, 1.807) is 0 Å². The maximum atomic E-state index is 4.52. The van der Waals surface area contributed by atoms with Crippen molar-refractivity contribution in [1.82, 2.24) is 14.7 Å². The van der Waals surface area contributed by atoms with Gasteiger partial charge in [-0.2, -0.15) is 11.8 Å². The highest BCUT2D eigenvalue weighted by molar-refractivity contribution is 7.99. The van der Waals surface area contributed by atoms with Crippen LogP contribution in [-0.4, -0.2) is 27.4 Å². The van der Waals surface area contributed by atoms with Crippen LogP contribution in [0.3, 0.4) is 0 Å². The van der Waals surface area contributed by atoms with Crippen LogP contribution in [0.2, 0.25) is 0 Å². The maximum absolute atomic E-state index is 4.52. The molecule has 0 aliphatic heterocycles. The van der Waals surface area contributed by atoms with Gasteiger partial charge >= 0.3 is 0 Å². The van der Waals surface area contributed by atoms with Gasteiger partial charge in [0.25, 0.3) is 0 Å². The van der Waals surface area contributed by atoms with Crippen LogP contribution in [0.1, 0.15) is 5.69 Å². The van der Waals surface area contributed by atoms with Crippen molar-refractivity contribution in [2.45, 2.75) is 6.54 Å². The van der Waals surface area contributed by atoms with Crippen LogP contribution in [0.4, 0.5) is 0 Å². The first-order chi connectivity index (χ1) is 8.40. The Morgan fingerprint density at radius 2 is 2.41 bits per heavy atom. The number of hydrogen-bond donors (Lipinski definition) is 1. The Morgan fingerprint density at radius 3 is 3.24 bits per heavy atom. The SMILES string of the molecule is C=CCSCCNCc1cn2ccccc2n1. The van der Waals surface area contributed by atoms with E-state index < -0.39 is 0 Å². The van der Waals surface area contributed by atoms with Crippen LogP contribution in [0, 0.1) is 0 Å². The minimum atomic E-state index is 0.830. The van der Waals surface area contributed by atoms with Crippen LogP contribution >= 0.6 is 11.8 Å². The summed E-state index contributed by atoms with van der Waals surface area (Å²) < 4.78 is 2.05. The normalized spacial score (nSPS) is 10.8. The van der Waals surface area contributed by atoms with Gasteiger partial charge in [0, 0.05) is 37.0 Å². The number of aromatic nitrogens is 2. The Morgan fingerprint density at radius 1 is 1.47 bits per heavy atom. The van der Waals surface area contributed by atoms with E-state index in [9.17, 15) is 0 Å². The second-order valence-electron chi connectivity index (χ2n) is 3.74. The van der Waals surface area contributed by atoms with Gasteiger partial charge in [-0.3, -0.25) is 0 Å². The fraction of sp³-hybridized carbons (Fsp3) is 0.308. The molecule has 0 aromatic carbocycles.